The molecule has 5 nitrogen and oxygen atoms in total. The molecule has 0 aromatic heterocycles. The number of amides is 1. The fraction of sp³-hybridized carbons (Fsp3) is 0.222. The molecule has 1 amide bonds. The molecule has 3 rings (SSSR count). The molecule has 1 unspecified atom stereocenters. The molecule has 0 aliphatic carbocycles. The van der Waals surface area contributed by atoms with E-state index in [2.05, 4.69) is 10.1 Å². The molecular formula is C18H11F6NO4. The molecule has 29 heavy (non-hydrogen) atoms. The van der Waals surface area contributed by atoms with Crippen molar-refractivity contribution in [3.05, 3.63) is 59.2 Å². The third-order valence-corrected chi connectivity index (χ3v) is 3.96. The van der Waals surface area contributed by atoms with Crippen LogP contribution >= 0.6 is 0 Å². The maximum Gasteiger partial charge on any atom is 0.460 e. The molecule has 0 saturated carbocycles. The van der Waals surface area contributed by atoms with Crippen LogP contribution in [0.15, 0.2) is 42.5 Å². The van der Waals surface area contributed by atoms with Gasteiger partial charge in [0.05, 0.1) is 5.56 Å². The van der Waals surface area contributed by atoms with Gasteiger partial charge >= 0.3 is 24.4 Å². The van der Waals surface area contributed by atoms with E-state index >= 15 is 0 Å². The summed E-state index contributed by atoms with van der Waals surface area (Å²) in [5, 5.41) is 2.52. The number of carbonyl (C=O) groups excluding carboxylic acids is 2. The predicted molar refractivity (Wildman–Crippen MR) is 86.5 cm³/mol. The van der Waals surface area contributed by atoms with Crippen molar-refractivity contribution in [3.63, 3.8) is 0 Å². The smallest absolute Gasteiger partial charge is 0.457 e. The van der Waals surface area contributed by atoms with Gasteiger partial charge in [0.2, 0.25) is 0 Å². The number of hydrogen-bond acceptors (Lipinski definition) is 4. The molecule has 0 bridgehead atoms. The van der Waals surface area contributed by atoms with E-state index in [4.69, 9.17) is 4.74 Å². The normalized spacial score (nSPS) is 14.8. The van der Waals surface area contributed by atoms with Crippen molar-refractivity contribution in [2.45, 2.75) is 25.1 Å². The number of alkyl halides is 6. The first kappa shape index (κ1) is 20.5. The summed E-state index contributed by atoms with van der Waals surface area (Å²) < 4.78 is 84.2. The average Bonchev–Trinajstić information content (AvgIpc) is 3.01. The zero-order valence-corrected chi connectivity index (χ0v) is 14.2. The zero-order chi connectivity index (χ0) is 21.4. The van der Waals surface area contributed by atoms with Crippen molar-refractivity contribution in [1.82, 2.24) is 0 Å². The van der Waals surface area contributed by atoms with E-state index in [0.717, 1.165) is 24.3 Å². The number of cyclic esters (lactones) is 1. The molecule has 154 valence electrons. The Morgan fingerprint density at radius 2 is 1.72 bits per heavy atom. The highest BCUT2D eigenvalue weighted by Crippen LogP contribution is 2.40. The second kappa shape index (κ2) is 7.30. The maximum atomic E-state index is 13.2. The van der Waals surface area contributed by atoms with E-state index in [-0.39, 0.29) is 12.2 Å². The van der Waals surface area contributed by atoms with Crippen LogP contribution in [0.3, 0.4) is 0 Å². The Morgan fingerprint density at radius 1 is 1.07 bits per heavy atom. The molecule has 11 heteroatoms. The summed E-state index contributed by atoms with van der Waals surface area (Å²) in [5.41, 5.74) is 1.31. The van der Waals surface area contributed by atoms with Gasteiger partial charge in [-0.2, -0.15) is 26.3 Å². The molecular weight excluding hydrogens is 408 g/mol. The molecule has 0 radical (unpaired) electrons. The lowest BCUT2D eigenvalue weighted by Crippen LogP contribution is -2.47. The van der Waals surface area contributed by atoms with Crippen LogP contribution in [0, 0.1) is 0 Å². The molecule has 1 heterocycles. The number of hydrogen-bond donors (Lipinski definition) is 1. The lowest BCUT2D eigenvalue weighted by atomic mass is 10.1. The minimum Gasteiger partial charge on any atom is -0.457 e. The van der Waals surface area contributed by atoms with Gasteiger partial charge in [-0.3, -0.25) is 4.79 Å². The van der Waals surface area contributed by atoms with Crippen LogP contribution in [0.5, 0.6) is 5.75 Å². The Balaban J connectivity index is 1.66. The van der Waals surface area contributed by atoms with E-state index in [1.54, 1.807) is 0 Å². The number of anilines is 1. The highest BCUT2D eigenvalue weighted by molar-refractivity contribution is 6.04. The Hall–Kier alpha value is -3.24. The topological polar surface area (TPSA) is 64.6 Å². The van der Waals surface area contributed by atoms with E-state index in [1.165, 1.54) is 18.2 Å². The minimum absolute atomic E-state index is 0.00293. The number of carbonyl (C=O) groups is 2. The lowest BCUT2D eigenvalue weighted by Gasteiger charge is -2.23. The van der Waals surface area contributed by atoms with Gasteiger partial charge < -0.3 is 14.8 Å². The van der Waals surface area contributed by atoms with Crippen LogP contribution < -0.4 is 10.1 Å². The molecule has 0 saturated heterocycles. The van der Waals surface area contributed by atoms with Crippen molar-refractivity contribution < 1.29 is 45.4 Å². The Labute approximate surface area is 159 Å². The van der Waals surface area contributed by atoms with Crippen molar-refractivity contribution >= 4 is 17.6 Å². The number of esters is 1. The summed E-state index contributed by atoms with van der Waals surface area (Å²) >= 11 is 0. The quantitative estimate of drug-likeness (QED) is 0.574. The lowest BCUT2D eigenvalue weighted by molar-refractivity contribution is -0.328. The second-order valence-corrected chi connectivity index (χ2v) is 5.98. The SMILES string of the molecule is O=C(Nc1ccc2c(c1)COC2=O)c1ccc(OC(F)C(F)(F)C(F)(F)F)cc1. The number of nitrogens with one attached hydrogen (secondary N) is 1. The van der Waals surface area contributed by atoms with E-state index in [0.29, 0.717) is 16.8 Å². The van der Waals surface area contributed by atoms with Gasteiger partial charge in [0.1, 0.15) is 12.4 Å². The number of rotatable bonds is 5. The summed E-state index contributed by atoms with van der Waals surface area (Å²) in [6, 6.07) is 8.34. The average molecular weight is 419 g/mol. The van der Waals surface area contributed by atoms with Gasteiger partial charge in [-0.15, -0.1) is 0 Å². The molecule has 2 aromatic rings. The molecule has 1 atom stereocenters. The van der Waals surface area contributed by atoms with Crippen molar-refractivity contribution in [1.29, 1.82) is 0 Å². The minimum atomic E-state index is -6.11. The Bertz CT molecular complexity index is 942. The number of halogens is 6. The van der Waals surface area contributed by atoms with Crippen LogP contribution in [0.4, 0.5) is 32.0 Å². The number of benzene rings is 2. The van der Waals surface area contributed by atoms with Crippen molar-refractivity contribution in [2.24, 2.45) is 0 Å². The molecule has 2 aromatic carbocycles. The number of ether oxygens (including phenoxy) is 2. The van der Waals surface area contributed by atoms with Crippen molar-refractivity contribution in [3.8, 4) is 5.75 Å². The van der Waals surface area contributed by atoms with Gasteiger partial charge in [-0.05, 0) is 42.5 Å². The summed E-state index contributed by atoms with van der Waals surface area (Å²) in [7, 11) is 0. The van der Waals surface area contributed by atoms with Crippen LogP contribution in [0.2, 0.25) is 0 Å². The monoisotopic (exact) mass is 419 g/mol. The van der Waals surface area contributed by atoms with E-state index in [9.17, 15) is 35.9 Å². The fourth-order valence-corrected chi connectivity index (χ4v) is 2.42. The first-order chi connectivity index (χ1) is 13.5. The third-order valence-electron chi connectivity index (χ3n) is 3.96. The van der Waals surface area contributed by atoms with Gasteiger partial charge in [-0.1, -0.05) is 0 Å². The van der Waals surface area contributed by atoms with Gasteiger partial charge in [-0.25, -0.2) is 4.79 Å². The largest absolute Gasteiger partial charge is 0.460 e. The summed E-state index contributed by atoms with van der Waals surface area (Å²) in [5.74, 6) is -7.43. The first-order valence-electron chi connectivity index (χ1n) is 7.96. The fourth-order valence-electron chi connectivity index (χ4n) is 2.42. The van der Waals surface area contributed by atoms with Gasteiger partial charge in [0.15, 0.2) is 0 Å². The van der Waals surface area contributed by atoms with Gasteiger partial charge in [0, 0.05) is 16.8 Å². The van der Waals surface area contributed by atoms with E-state index in [1.807, 2.05) is 0 Å². The number of fused-ring (bicyclic) bond motifs is 1. The highest BCUT2D eigenvalue weighted by Gasteiger charge is 2.65. The molecule has 1 N–H and O–H groups in total. The van der Waals surface area contributed by atoms with Crippen LogP contribution in [0.25, 0.3) is 0 Å². The second-order valence-electron chi connectivity index (χ2n) is 5.98. The Kier molecular flexibility index (Phi) is 5.16. The summed E-state index contributed by atoms with van der Waals surface area (Å²) in [6.45, 7) is 0.0663. The standard InChI is InChI=1S/C18H11F6NO4/c19-16(17(20,21)18(22,23)24)29-12-4-1-9(2-5-12)14(26)25-11-3-6-13-10(7-11)8-28-15(13)27/h1-7,16H,8H2,(H,25,26). The van der Waals surface area contributed by atoms with E-state index < -0.39 is 36.1 Å². The molecule has 1 aliphatic heterocycles. The predicted octanol–water partition coefficient (Wildman–Crippen LogP) is 4.48. The molecule has 0 spiro atoms. The molecule has 1 aliphatic rings. The first-order valence-corrected chi connectivity index (χ1v) is 7.96. The van der Waals surface area contributed by atoms with Crippen molar-refractivity contribution in [2.75, 3.05) is 5.32 Å². The van der Waals surface area contributed by atoms with Crippen LogP contribution in [0.1, 0.15) is 26.3 Å². The Morgan fingerprint density at radius 3 is 2.34 bits per heavy atom. The summed E-state index contributed by atoms with van der Waals surface area (Å²) in [6.07, 6.45) is -10.1. The van der Waals surface area contributed by atoms with Crippen LogP contribution in [-0.2, 0) is 11.3 Å². The third kappa shape index (κ3) is 4.13. The highest BCUT2D eigenvalue weighted by atomic mass is 19.4. The summed E-state index contributed by atoms with van der Waals surface area (Å²) in [4.78, 5) is 23.6. The maximum absolute atomic E-state index is 13.2. The van der Waals surface area contributed by atoms with Crippen LogP contribution in [-0.4, -0.2) is 30.3 Å². The van der Waals surface area contributed by atoms with Gasteiger partial charge in [0.25, 0.3) is 5.91 Å². The zero-order valence-electron chi connectivity index (χ0n) is 14.2. The molecule has 0 fully saturated rings.